The van der Waals surface area contributed by atoms with Crippen molar-refractivity contribution in [2.75, 3.05) is 6.54 Å². The average molecular weight is 457 g/mol. The minimum absolute atomic E-state index is 0.00178. The summed E-state index contributed by atoms with van der Waals surface area (Å²) in [5.41, 5.74) is 9.18. The minimum Gasteiger partial charge on any atom is -0.347 e. The van der Waals surface area contributed by atoms with Crippen LogP contribution in [0.3, 0.4) is 0 Å². The molecule has 3 N–H and O–H groups in total. The Morgan fingerprint density at radius 3 is 2.53 bits per heavy atom. The van der Waals surface area contributed by atoms with Crippen molar-refractivity contribution in [2.45, 2.75) is 38.1 Å². The number of rotatable bonds is 7. The first-order chi connectivity index (χ1) is 16.6. The number of carbonyl (C=O) groups is 1. The molecule has 5 nitrogen and oxygen atoms in total. The van der Waals surface area contributed by atoms with Crippen LogP contribution in [0.2, 0.25) is 0 Å². The average Bonchev–Trinajstić information content (AvgIpc) is 2.89. The van der Waals surface area contributed by atoms with E-state index in [9.17, 15) is 14.4 Å². The van der Waals surface area contributed by atoms with Crippen LogP contribution in [0.4, 0.5) is 4.39 Å². The van der Waals surface area contributed by atoms with E-state index in [2.05, 4.69) is 10.3 Å². The van der Waals surface area contributed by atoms with Crippen LogP contribution in [-0.2, 0) is 11.2 Å². The lowest BCUT2D eigenvalue weighted by atomic mass is 9.81. The number of nitrogens with zero attached hydrogens (tertiary/aromatic N) is 2. The lowest BCUT2D eigenvalue weighted by molar-refractivity contribution is -0.127. The summed E-state index contributed by atoms with van der Waals surface area (Å²) < 4.78 is 13.8. The lowest BCUT2D eigenvalue weighted by Crippen LogP contribution is -2.37. The molecule has 1 atom stereocenters. The van der Waals surface area contributed by atoms with Crippen molar-refractivity contribution < 1.29 is 9.18 Å². The van der Waals surface area contributed by atoms with Crippen LogP contribution in [0.5, 0.6) is 0 Å². The van der Waals surface area contributed by atoms with E-state index >= 15 is 0 Å². The molecule has 0 spiro atoms. The van der Waals surface area contributed by atoms with E-state index in [-0.39, 0.29) is 23.4 Å². The Morgan fingerprint density at radius 2 is 1.82 bits per heavy atom. The van der Waals surface area contributed by atoms with Gasteiger partial charge in [0.2, 0.25) is 5.91 Å². The van der Waals surface area contributed by atoms with E-state index in [4.69, 9.17) is 5.73 Å². The van der Waals surface area contributed by atoms with Gasteiger partial charge in [-0.1, -0.05) is 36.4 Å². The van der Waals surface area contributed by atoms with Crippen LogP contribution < -0.4 is 11.1 Å². The Hall–Kier alpha value is -3.56. The fraction of sp³-hybridized carbons (Fsp3) is 0.321. The number of aromatic nitrogens is 1. The fourth-order valence-electron chi connectivity index (χ4n) is 4.64. The van der Waals surface area contributed by atoms with Crippen LogP contribution in [-0.4, -0.2) is 17.4 Å². The van der Waals surface area contributed by atoms with Gasteiger partial charge in [-0.15, -0.1) is 0 Å². The number of nitrogens with one attached hydrogen (secondary N) is 1. The number of carbonyl (C=O) groups excluding carboxylic acids is 1. The summed E-state index contributed by atoms with van der Waals surface area (Å²) in [5, 5.41) is 12.4. The first kappa shape index (κ1) is 23.6. The summed E-state index contributed by atoms with van der Waals surface area (Å²) >= 11 is 0. The Morgan fingerprint density at radius 1 is 1.09 bits per heavy atom. The van der Waals surface area contributed by atoms with Gasteiger partial charge in [-0.2, -0.15) is 5.26 Å². The summed E-state index contributed by atoms with van der Waals surface area (Å²) in [7, 11) is 0. The van der Waals surface area contributed by atoms with Gasteiger partial charge in [-0.25, -0.2) is 4.39 Å². The molecular weight excluding hydrogens is 427 g/mol. The lowest BCUT2D eigenvalue weighted by Gasteiger charge is -2.28. The van der Waals surface area contributed by atoms with Gasteiger partial charge in [-0.05, 0) is 85.5 Å². The maximum atomic E-state index is 13.8. The van der Waals surface area contributed by atoms with Gasteiger partial charge < -0.3 is 11.1 Å². The number of nitriles is 1. The molecule has 2 aromatic carbocycles. The predicted molar refractivity (Wildman–Crippen MR) is 130 cm³/mol. The van der Waals surface area contributed by atoms with Gasteiger partial charge in [0, 0.05) is 12.1 Å². The first-order valence-electron chi connectivity index (χ1n) is 11.8. The van der Waals surface area contributed by atoms with Crippen molar-refractivity contribution in [3.63, 3.8) is 0 Å². The molecule has 4 rings (SSSR count). The van der Waals surface area contributed by atoms with Gasteiger partial charge in [0.25, 0.3) is 0 Å². The Bertz CT molecular complexity index is 1170. The smallest absolute Gasteiger partial charge is 0.223 e. The second-order valence-electron chi connectivity index (χ2n) is 8.98. The summed E-state index contributed by atoms with van der Waals surface area (Å²) in [5.74, 6) is 0.00678. The zero-order chi connectivity index (χ0) is 23.9. The van der Waals surface area contributed by atoms with Crippen molar-refractivity contribution in [2.24, 2.45) is 17.6 Å². The van der Waals surface area contributed by atoms with Gasteiger partial charge in [0.1, 0.15) is 11.9 Å². The maximum absolute atomic E-state index is 13.8. The van der Waals surface area contributed by atoms with Crippen molar-refractivity contribution in [1.82, 2.24) is 10.3 Å². The van der Waals surface area contributed by atoms with Crippen LogP contribution in [0.1, 0.15) is 48.5 Å². The van der Waals surface area contributed by atoms with Crippen LogP contribution in [0.15, 0.2) is 66.9 Å². The van der Waals surface area contributed by atoms with Crippen molar-refractivity contribution in [3.05, 3.63) is 89.5 Å². The zero-order valence-corrected chi connectivity index (χ0v) is 19.1. The van der Waals surface area contributed by atoms with Gasteiger partial charge in [0.05, 0.1) is 17.3 Å². The molecule has 3 aromatic rings. The molecule has 0 bridgehead atoms. The summed E-state index contributed by atoms with van der Waals surface area (Å²) in [6.45, 7) is 0.679. The van der Waals surface area contributed by atoms with Crippen LogP contribution >= 0.6 is 0 Å². The molecule has 1 aliphatic carbocycles. The number of halogens is 1. The van der Waals surface area contributed by atoms with E-state index in [1.54, 1.807) is 12.3 Å². The van der Waals surface area contributed by atoms with Gasteiger partial charge in [0.15, 0.2) is 0 Å². The Kier molecular flexibility index (Phi) is 7.66. The fourth-order valence-corrected chi connectivity index (χ4v) is 4.64. The molecule has 1 fully saturated rings. The van der Waals surface area contributed by atoms with E-state index in [0.29, 0.717) is 18.9 Å². The molecule has 1 saturated carbocycles. The highest BCUT2D eigenvalue weighted by Crippen LogP contribution is 2.30. The molecule has 34 heavy (non-hydrogen) atoms. The van der Waals surface area contributed by atoms with Crippen molar-refractivity contribution in [1.29, 1.82) is 5.26 Å². The summed E-state index contributed by atoms with van der Waals surface area (Å²) in [6.07, 6.45) is 5.97. The standard InChI is InChI=1S/C28H29FN4O/c29-25-11-10-22(15-24(25)18-31)23-12-13-32-26(16-23)27(14-19-4-2-1-3-5-19)33-28(34)21-8-6-20(17-30)7-9-21/h1-5,10-13,15-16,20-21,27H,6-9,14,17,30H2,(H,33,34)/t20-,21-,27?. The normalized spacial score (nSPS) is 18.6. The second kappa shape index (κ2) is 11.0. The molecular formula is C28H29FN4O. The summed E-state index contributed by atoms with van der Waals surface area (Å²) in [4.78, 5) is 17.8. The summed E-state index contributed by atoms with van der Waals surface area (Å²) in [6, 6.07) is 19.8. The topological polar surface area (TPSA) is 91.8 Å². The number of hydrogen-bond donors (Lipinski definition) is 2. The molecule has 0 radical (unpaired) electrons. The predicted octanol–water partition coefficient (Wildman–Crippen LogP) is 4.92. The highest BCUT2D eigenvalue weighted by Gasteiger charge is 2.28. The second-order valence-corrected chi connectivity index (χ2v) is 8.98. The van der Waals surface area contributed by atoms with Gasteiger partial charge in [-0.3, -0.25) is 9.78 Å². The number of nitrogens with two attached hydrogens (primary N) is 1. The van der Waals surface area contributed by atoms with E-state index in [1.807, 2.05) is 48.5 Å². The largest absolute Gasteiger partial charge is 0.347 e. The molecule has 1 heterocycles. The van der Waals surface area contributed by atoms with Crippen LogP contribution in [0.25, 0.3) is 11.1 Å². The third-order valence-corrected chi connectivity index (χ3v) is 6.71. The molecule has 1 aliphatic rings. The van der Waals surface area contributed by atoms with Crippen LogP contribution in [0, 0.1) is 29.0 Å². The quantitative estimate of drug-likeness (QED) is 0.528. The number of hydrogen-bond acceptors (Lipinski definition) is 4. The molecule has 0 aliphatic heterocycles. The number of benzene rings is 2. The SMILES string of the molecule is N#Cc1cc(-c2ccnc(C(Cc3ccccc3)NC(=O)[C@H]3CC[C@H](CN)CC3)c2)ccc1F. The number of pyridine rings is 1. The van der Waals surface area contributed by atoms with Crippen molar-refractivity contribution >= 4 is 5.91 Å². The molecule has 0 saturated heterocycles. The molecule has 1 aromatic heterocycles. The number of amides is 1. The molecule has 6 heteroatoms. The highest BCUT2D eigenvalue weighted by molar-refractivity contribution is 5.79. The van der Waals surface area contributed by atoms with E-state index < -0.39 is 5.82 Å². The minimum atomic E-state index is -0.542. The third-order valence-electron chi connectivity index (χ3n) is 6.71. The monoisotopic (exact) mass is 456 g/mol. The molecule has 1 unspecified atom stereocenters. The molecule has 1 amide bonds. The van der Waals surface area contributed by atoms with E-state index in [1.165, 1.54) is 12.1 Å². The Balaban J connectivity index is 1.59. The third kappa shape index (κ3) is 5.67. The van der Waals surface area contributed by atoms with E-state index in [0.717, 1.165) is 48.1 Å². The Labute approximate surface area is 199 Å². The van der Waals surface area contributed by atoms with Crippen molar-refractivity contribution in [3.8, 4) is 17.2 Å². The maximum Gasteiger partial charge on any atom is 0.223 e. The first-order valence-corrected chi connectivity index (χ1v) is 11.8. The van der Waals surface area contributed by atoms with Gasteiger partial charge >= 0.3 is 0 Å². The molecule has 174 valence electrons. The highest BCUT2D eigenvalue weighted by atomic mass is 19.1. The zero-order valence-electron chi connectivity index (χ0n) is 19.1.